The van der Waals surface area contributed by atoms with Gasteiger partial charge in [-0.3, -0.25) is 0 Å². The van der Waals surface area contributed by atoms with E-state index in [2.05, 4.69) is 177 Å². The largest absolute Gasteiger partial charge is 0.411 e. The van der Waals surface area contributed by atoms with Crippen LogP contribution < -0.4 is 20.8 Å². The Morgan fingerprint density at radius 2 is 0.851 bits per heavy atom. The number of benzene rings is 4. The lowest BCUT2D eigenvalue weighted by Gasteiger charge is -2.39. The van der Waals surface area contributed by atoms with E-state index < -0.39 is 0 Å². The smallest absolute Gasteiger partial charge is 0.405 e. The Hall–Kier alpha value is -3.66. The molecule has 4 aromatic rings. The van der Waals surface area contributed by atoms with Gasteiger partial charge in [-0.2, -0.15) is 0 Å². The zero-order chi connectivity index (χ0) is 34.2. The Bertz CT molecular complexity index is 1510. The molecule has 2 N–H and O–H groups in total. The van der Waals surface area contributed by atoms with Crippen LogP contribution in [-0.2, 0) is 0 Å². The lowest BCUT2D eigenvalue weighted by Crippen LogP contribution is -2.51. The first-order chi connectivity index (χ1) is 22.3. The fraction of sp³-hybridized carbons (Fsp3) is 0.442. The molecule has 0 radical (unpaired) electrons. The summed E-state index contributed by atoms with van der Waals surface area (Å²) in [6, 6.07) is 29.8. The van der Waals surface area contributed by atoms with Crippen LogP contribution in [-0.4, -0.2) is 6.98 Å². The molecule has 0 saturated carbocycles. The minimum absolute atomic E-state index is 0.0628. The lowest BCUT2D eigenvalue weighted by molar-refractivity contribution is 0.773. The molecule has 0 amide bonds. The molecule has 1 aliphatic rings. The average molecular weight is 628 g/mol. The number of para-hydroxylation sites is 3. The molecular formula is C43H58BN3. The molecule has 1 atom stereocenters. The van der Waals surface area contributed by atoms with Gasteiger partial charge in [0.15, 0.2) is 0 Å². The monoisotopic (exact) mass is 627 g/mol. The van der Waals surface area contributed by atoms with Gasteiger partial charge < -0.3 is 15.4 Å². The van der Waals surface area contributed by atoms with Crippen molar-refractivity contribution in [2.24, 2.45) is 0 Å². The maximum Gasteiger partial charge on any atom is 0.411 e. The van der Waals surface area contributed by atoms with Crippen molar-refractivity contribution in [2.75, 3.05) is 15.4 Å². The van der Waals surface area contributed by atoms with Crippen LogP contribution >= 0.6 is 0 Å². The van der Waals surface area contributed by atoms with Gasteiger partial charge in [0, 0.05) is 17.1 Å². The predicted octanol–water partition coefficient (Wildman–Crippen LogP) is 11.9. The minimum atomic E-state index is -0.0628. The third-order valence-electron chi connectivity index (χ3n) is 10.1. The molecule has 4 heteroatoms. The van der Waals surface area contributed by atoms with Crippen LogP contribution in [0.3, 0.4) is 0 Å². The number of anilines is 3. The number of fused-ring (bicyclic) bond motifs is 1. The van der Waals surface area contributed by atoms with Crippen molar-refractivity contribution in [3.05, 3.63) is 118 Å². The van der Waals surface area contributed by atoms with Crippen LogP contribution in [0.15, 0.2) is 78.9 Å². The van der Waals surface area contributed by atoms with Crippen LogP contribution in [0.1, 0.15) is 164 Å². The summed E-state index contributed by atoms with van der Waals surface area (Å²) in [4.78, 5) is 2.71. The molecule has 0 aromatic heterocycles. The van der Waals surface area contributed by atoms with Crippen LogP contribution in [0.5, 0.6) is 0 Å². The number of nitrogens with zero attached hydrogens (tertiary/aromatic N) is 1. The third kappa shape index (κ3) is 6.71. The molecule has 0 aliphatic carbocycles. The Morgan fingerprint density at radius 3 is 1.28 bits per heavy atom. The third-order valence-corrected chi connectivity index (χ3v) is 10.1. The van der Waals surface area contributed by atoms with E-state index >= 15 is 0 Å². The highest BCUT2D eigenvalue weighted by Crippen LogP contribution is 2.45. The molecule has 0 bridgehead atoms. The maximum absolute atomic E-state index is 4.25. The second-order valence-electron chi connectivity index (χ2n) is 15.5. The van der Waals surface area contributed by atoms with Gasteiger partial charge in [0.2, 0.25) is 0 Å². The zero-order valence-corrected chi connectivity index (χ0v) is 31.1. The molecule has 3 nitrogen and oxygen atoms in total. The second-order valence-corrected chi connectivity index (χ2v) is 15.5. The van der Waals surface area contributed by atoms with E-state index in [1.807, 2.05) is 0 Å². The van der Waals surface area contributed by atoms with Gasteiger partial charge in [0.25, 0.3) is 0 Å². The summed E-state index contributed by atoms with van der Waals surface area (Å²) in [5.74, 6) is 2.34. The molecule has 4 aromatic carbocycles. The quantitative estimate of drug-likeness (QED) is 0.162. The van der Waals surface area contributed by atoms with E-state index in [1.165, 1.54) is 61.5 Å². The van der Waals surface area contributed by atoms with Crippen LogP contribution in [0, 0.1) is 0 Å². The van der Waals surface area contributed by atoms with E-state index in [-0.39, 0.29) is 13.1 Å². The molecular weight excluding hydrogens is 569 g/mol. The van der Waals surface area contributed by atoms with Crippen molar-refractivity contribution < 1.29 is 0 Å². The van der Waals surface area contributed by atoms with Gasteiger partial charge in [0.05, 0.1) is 0 Å². The van der Waals surface area contributed by atoms with E-state index in [0.29, 0.717) is 35.5 Å². The summed E-state index contributed by atoms with van der Waals surface area (Å²) in [5.41, 5.74) is 14.9. The molecule has 248 valence electrons. The van der Waals surface area contributed by atoms with Gasteiger partial charge in [0.1, 0.15) is 6.17 Å². The Kier molecular flexibility index (Phi) is 10.5. The van der Waals surface area contributed by atoms with Crippen molar-refractivity contribution in [1.82, 2.24) is 0 Å². The Labute approximate surface area is 286 Å². The van der Waals surface area contributed by atoms with E-state index in [1.54, 1.807) is 0 Å². The van der Waals surface area contributed by atoms with Crippen molar-refractivity contribution >= 4 is 29.5 Å². The van der Waals surface area contributed by atoms with Gasteiger partial charge in [-0.15, -0.1) is 0 Å². The summed E-state index contributed by atoms with van der Waals surface area (Å²) in [6.07, 6.45) is -0.0628. The van der Waals surface area contributed by atoms with Crippen LogP contribution in [0.4, 0.5) is 17.1 Å². The van der Waals surface area contributed by atoms with Gasteiger partial charge in [-0.1, -0.05) is 162 Å². The molecule has 1 aliphatic heterocycles. The number of hydrogen-bond acceptors (Lipinski definition) is 3. The molecule has 47 heavy (non-hydrogen) atoms. The summed E-state index contributed by atoms with van der Waals surface area (Å²) < 4.78 is 0. The highest BCUT2D eigenvalue weighted by Gasteiger charge is 2.45. The molecule has 5 rings (SSSR count). The van der Waals surface area contributed by atoms with Gasteiger partial charge >= 0.3 is 6.98 Å². The summed E-state index contributed by atoms with van der Waals surface area (Å²) in [7, 11) is 0. The van der Waals surface area contributed by atoms with Gasteiger partial charge in [-0.05, 0) is 79.9 Å². The topological polar surface area (TPSA) is 27.3 Å². The molecule has 0 unspecified atom stereocenters. The highest BCUT2D eigenvalue weighted by molar-refractivity contribution is 6.81. The SMILES string of the molecule is CC(C)c1cccc(C(C)C)c1NB1c2ccccc2[C@@H](Nc2c(C(C)C)cccc2C(C)C)N1c1c(C(C)C)cccc1C(C)C. The summed E-state index contributed by atoms with van der Waals surface area (Å²) >= 11 is 0. The number of nitrogens with one attached hydrogen (secondary N) is 2. The van der Waals surface area contributed by atoms with Crippen LogP contribution in [0.25, 0.3) is 0 Å². The predicted molar refractivity (Wildman–Crippen MR) is 208 cm³/mol. The molecule has 0 fully saturated rings. The first-order valence-electron chi connectivity index (χ1n) is 18.1. The summed E-state index contributed by atoms with van der Waals surface area (Å²) in [6.45, 7) is 27.8. The Morgan fingerprint density at radius 1 is 0.468 bits per heavy atom. The molecule has 0 spiro atoms. The normalized spacial score (nSPS) is 14.8. The second kappa shape index (κ2) is 14.2. The average Bonchev–Trinajstić information content (AvgIpc) is 3.32. The van der Waals surface area contributed by atoms with Crippen molar-refractivity contribution in [3.8, 4) is 0 Å². The van der Waals surface area contributed by atoms with Crippen molar-refractivity contribution in [2.45, 2.75) is 125 Å². The number of hydrogen-bond donors (Lipinski definition) is 2. The van der Waals surface area contributed by atoms with E-state index in [9.17, 15) is 0 Å². The number of rotatable bonds is 11. The molecule has 0 saturated heterocycles. The molecule has 1 heterocycles. The van der Waals surface area contributed by atoms with Crippen molar-refractivity contribution in [3.63, 3.8) is 0 Å². The van der Waals surface area contributed by atoms with Gasteiger partial charge in [-0.25, -0.2) is 0 Å². The highest BCUT2D eigenvalue weighted by atomic mass is 15.3. The summed E-state index contributed by atoms with van der Waals surface area (Å²) in [5, 5.41) is 8.51. The first kappa shape index (κ1) is 34.7. The zero-order valence-electron chi connectivity index (χ0n) is 31.1. The standard InChI is InChI=1S/C43H58BN3/c1-26(2)32-19-15-20-33(27(3)4)40(32)45-43-38-18-13-14-25-39(38)44(46-41-34(28(5)6)21-16-22-35(41)29(7)8)47(43)42-36(30(9)10)23-17-24-37(42)31(11)12/h13-31,43,45-46H,1-12H3/t43-/m0/s1. The Balaban J connectivity index is 1.83. The fourth-order valence-electron chi connectivity index (χ4n) is 7.53. The minimum Gasteiger partial charge on any atom is -0.405 e. The lowest BCUT2D eigenvalue weighted by atomic mass is 9.66. The van der Waals surface area contributed by atoms with E-state index in [4.69, 9.17) is 0 Å². The van der Waals surface area contributed by atoms with Crippen molar-refractivity contribution in [1.29, 1.82) is 0 Å². The van der Waals surface area contributed by atoms with Crippen LogP contribution in [0.2, 0.25) is 0 Å². The first-order valence-corrected chi connectivity index (χ1v) is 18.1. The maximum atomic E-state index is 4.25. The van der Waals surface area contributed by atoms with E-state index in [0.717, 1.165) is 0 Å². The fourth-order valence-corrected chi connectivity index (χ4v) is 7.53.